The zero-order valence-electron chi connectivity index (χ0n) is 12.2. The lowest BCUT2D eigenvalue weighted by atomic mass is 9.90. The van der Waals surface area contributed by atoms with Gasteiger partial charge in [-0.1, -0.05) is 29.3 Å². The van der Waals surface area contributed by atoms with E-state index in [-0.39, 0.29) is 11.9 Å². The molecule has 3 rings (SSSR count). The van der Waals surface area contributed by atoms with Crippen molar-refractivity contribution in [1.29, 1.82) is 0 Å². The maximum Gasteiger partial charge on any atom is 0.326 e. The number of nitrogens with zero attached hydrogens (tertiary/aromatic N) is 2. The SMILES string of the molecule is CC1(c2ccc(Cl)cc2Cl)C(=O)NC(=O)N1CN1CCCC1. The molecule has 2 heterocycles. The molecule has 1 N–H and O–H groups in total. The van der Waals surface area contributed by atoms with Crippen molar-refractivity contribution < 1.29 is 9.59 Å². The molecule has 1 unspecified atom stereocenters. The number of amides is 3. The molecule has 1 aromatic carbocycles. The van der Waals surface area contributed by atoms with E-state index in [1.165, 1.54) is 0 Å². The highest BCUT2D eigenvalue weighted by molar-refractivity contribution is 6.35. The van der Waals surface area contributed by atoms with Crippen LogP contribution < -0.4 is 5.32 Å². The Morgan fingerprint density at radius 3 is 2.55 bits per heavy atom. The number of hydrogen-bond donors (Lipinski definition) is 1. The molecule has 3 amide bonds. The Bertz CT molecular complexity index is 631. The molecule has 0 radical (unpaired) electrons. The van der Waals surface area contributed by atoms with E-state index in [9.17, 15) is 9.59 Å². The Labute approximate surface area is 139 Å². The lowest BCUT2D eigenvalue weighted by Gasteiger charge is -2.35. The smallest absolute Gasteiger partial charge is 0.293 e. The van der Waals surface area contributed by atoms with Crippen molar-refractivity contribution in [1.82, 2.24) is 15.1 Å². The first-order valence-electron chi connectivity index (χ1n) is 7.24. The molecule has 22 heavy (non-hydrogen) atoms. The molecule has 0 spiro atoms. The summed E-state index contributed by atoms with van der Waals surface area (Å²) in [7, 11) is 0. The van der Waals surface area contributed by atoms with E-state index in [1.807, 2.05) is 0 Å². The van der Waals surface area contributed by atoms with Gasteiger partial charge in [-0.2, -0.15) is 0 Å². The first-order chi connectivity index (χ1) is 10.4. The lowest BCUT2D eigenvalue weighted by molar-refractivity contribution is -0.126. The van der Waals surface area contributed by atoms with Gasteiger partial charge in [-0.15, -0.1) is 0 Å². The molecule has 0 aromatic heterocycles. The molecule has 5 nitrogen and oxygen atoms in total. The van der Waals surface area contributed by atoms with Gasteiger partial charge in [0.25, 0.3) is 5.91 Å². The van der Waals surface area contributed by atoms with Crippen molar-refractivity contribution in [3.05, 3.63) is 33.8 Å². The Balaban J connectivity index is 1.99. The summed E-state index contributed by atoms with van der Waals surface area (Å²) in [4.78, 5) is 28.4. The van der Waals surface area contributed by atoms with Crippen LogP contribution in [0.3, 0.4) is 0 Å². The Morgan fingerprint density at radius 2 is 1.91 bits per heavy atom. The molecule has 2 saturated heterocycles. The maximum absolute atomic E-state index is 12.4. The molecule has 2 aliphatic heterocycles. The van der Waals surface area contributed by atoms with E-state index in [0.29, 0.717) is 22.3 Å². The van der Waals surface area contributed by atoms with Crippen molar-refractivity contribution in [2.75, 3.05) is 19.8 Å². The van der Waals surface area contributed by atoms with Crippen LogP contribution in [-0.2, 0) is 10.3 Å². The number of carbonyl (C=O) groups is 2. The third-order valence-corrected chi connectivity index (χ3v) is 4.99. The Hall–Kier alpha value is -1.30. The summed E-state index contributed by atoms with van der Waals surface area (Å²) < 4.78 is 0. The predicted molar refractivity (Wildman–Crippen MR) is 84.9 cm³/mol. The standard InChI is InChI=1S/C15H17Cl2N3O2/c1-15(11-5-4-10(16)8-12(11)17)13(21)18-14(22)20(15)9-19-6-2-3-7-19/h4-5,8H,2-3,6-7,9H2,1H3,(H,18,21,22). The minimum Gasteiger partial charge on any atom is -0.293 e. The van der Waals surface area contributed by atoms with Crippen LogP contribution in [0.4, 0.5) is 4.79 Å². The molecule has 2 aliphatic rings. The number of imide groups is 1. The molecular weight excluding hydrogens is 325 g/mol. The highest BCUT2D eigenvalue weighted by atomic mass is 35.5. The first kappa shape index (κ1) is 15.6. The average molecular weight is 342 g/mol. The van der Waals surface area contributed by atoms with Crippen LogP contribution >= 0.6 is 23.2 Å². The zero-order chi connectivity index (χ0) is 15.9. The van der Waals surface area contributed by atoms with Crippen molar-refractivity contribution in [2.24, 2.45) is 0 Å². The van der Waals surface area contributed by atoms with Crippen LogP contribution in [0.1, 0.15) is 25.3 Å². The number of rotatable bonds is 3. The number of urea groups is 1. The van der Waals surface area contributed by atoms with Crippen molar-refractivity contribution in [2.45, 2.75) is 25.3 Å². The van der Waals surface area contributed by atoms with E-state index in [1.54, 1.807) is 30.0 Å². The number of nitrogens with one attached hydrogen (secondary N) is 1. The van der Waals surface area contributed by atoms with Crippen LogP contribution in [0, 0.1) is 0 Å². The van der Waals surface area contributed by atoms with Gasteiger partial charge in [0.2, 0.25) is 0 Å². The summed E-state index contributed by atoms with van der Waals surface area (Å²) in [5.74, 6) is -0.360. The summed E-state index contributed by atoms with van der Waals surface area (Å²) >= 11 is 12.2. The van der Waals surface area contributed by atoms with E-state index in [2.05, 4.69) is 10.2 Å². The summed E-state index contributed by atoms with van der Waals surface area (Å²) in [6.45, 7) is 4.00. The van der Waals surface area contributed by atoms with E-state index in [0.717, 1.165) is 25.9 Å². The third-order valence-electron chi connectivity index (χ3n) is 4.44. The van der Waals surface area contributed by atoms with Gasteiger partial charge < -0.3 is 0 Å². The maximum atomic E-state index is 12.4. The fourth-order valence-electron chi connectivity index (χ4n) is 3.09. The van der Waals surface area contributed by atoms with Gasteiger partial charge in [0.05, 0.1) is 6.67 Å². The second-order valence-corrected chi connectivity index (χ2v) is 6.69. The van der Waals surface area contributed by atoms with Crippen molar-refractivity contribution in [3.8, 4) is 0 Å². The van der Waals surface area contributed by atoms with Gasteiger partial charge in [0.1, 0.15) is 5.54 Å². The fraction of sp³-hybridized carbons (Fsp3) is 0.467. The quantitative estimate of drug-likeness (QED) is 0.860. The van der Waals surface area contributed by atoms with E-state index >= 15 is 0 Å². The number of hydrogen-bond acceptors (Lipinski definition) is 3. The van der Waals surface area contributed by atoms with Crippen LogP contribution in [0.5, 0.6) is 0 Å². The van der Waals surface area contributed by atoms with Crippen LogP contribution in [0.25, 0.3) is 0 Å². The minimum atomic E-state index is -1.12. The highest BCUT2D eigenvalue weighted by Gasteiger charge is 2.51. The topological polar surface area (TPSA) is 52.7 Å². The number of carbonyl (C=O) groups excluding carboxylic acids is 2. The molecular formula is C15H17Cl2N3O2. The normalized spacial score (nSPS) is 25.9. The van der Waals surface area contributed by atoms with Gasteiger partial charge in [0.15, 0.2) is 0 Å². The van der Waals surface area contributed by atoms with Gasteiger partial charge >= 0.3 is 6.03 Å². The number of likely N-dealkylation sites (tertiary alicyclic amines) is 1. The van der Waals surface area contributed by atoms with Crippen LogP contribution in [-0.4, -0.2) is 41.5 Å². The second-order valence-electron chi connectivity index (χ2n) is 5.85. The lowest BCUT2D eigenvalue weighted by Crippen LogP contribution is -2.49. The highest BCUT2D eigenvalue weighted by Crippen LogP contribution is 2.38. The molecule has 2 fully saturated rings. The third kappa shape index (κ3) is 2.47. The molecule has 0 bridgehead atoms. The summed E-state index contributed by atoms with van der Waals surface area (Å²) in [6.07, 6.45) is 2.23. The van der Waals surface area contributed by atoms with Crippen molar-refractivity contribution in [3.63, 3.8) is 0 Å². The zero-order valence-corrected chi connectivity index (χ0v) is 13.7. The minimum absolute atomic E-state index is 0.360. The average Bonchev–Trinajstić information content (AvgIpc) is 3.03. The largest absolute Gasteiger partial charge is 0.326 e. The summed E-state index contributed by atoms with van der Waals surface area (Å²) in [5, 5.41) is 3.28. The van der Waals surface area contributed by atoms with Gasteiger partial charge in [-0.3, -0.25) is 19.9 Å². The van der Waals surface area contributed by atoms with Crippen molar-refractivity contribution >= 4 is 35.1 Å². The molecule has 118 valence electrons. The van der Waals surface area contributed by atoms with E-state index in [4.69, 9.17) is 23.2 Å². The fourth-order valence-corrected chi connectivity index (χ4v) is 3.69. The monoisotopic (exact) mass is 341 g/mol. The van der Waals surface area contributed by atoms with Gasteiger partial charge in [0, 0.05) is 15.6 Å². The Kier molecular flexibility index (Phi) is 4.05. The molecule has 1 atom stereocenters. The van der Waals surface area contributed by atoms with Crippen LogP contribution in [0.2, 0.25) is 10.0 Å². The molecule has 7 heteroatoms. The molecule has 0 saturated carbocycles. The predicted octanol–water partition coefficient (Wildman–Crippen LogP) is 2.81. The van der Waals surface area contributed by atoms with Gasteiger partial charge in [-0.25, -0.2) is 4.79 Å². The molecule has 0 aliphatic carbocycles. The summed E-state index contributed by atoms with van der Waals surface area (Å²) in [6, 6.07) is 4.59. The second kappa shape index (κ2) is 5.72. The number of benzene rings is 1. The van der Waals surface area contributed by atoms with Gasteiger partial charge in [-0.05, 0) is 45.0 Å². The Morgan fingerprint density at radius 1 is 1.23 bits per heavy atom. The van der Waals surface area contributed by atoms with E-state index < -0.39 is 5.54 Å². The number of halogens is 2. The molecule has 1 aromatic rings. The summed E-state index contributed by atoms with van der Waals surface area (Å²) in [5.41, 5.74) is -0.539. The first-order valence-corrected chi connectivity index (χ1v) is 7.99. The van der Waals surface area contributed by atoms with Crippen LogP contribution in [0.15, 0.2) is 18.2 Å².